The Labute approximate surface area is 122 Å². The van der Waals surface area contributed by atoms with Crippen LogP contribution in [0.15, 0.2) is 0 Å². The van der Waals surface area contributed by atoms with Crippen molar-refractivity contribution >= 4 is 23.8 Å². The molecule has 0 radical (unpaired) electrons. The number of carboxylic acids is 1. The van der Waals surface area contributed by atoms with E-state index in [4.69, 9.17) is 5.11 Å². The molecule has 4 amide bonds. The summed E-state index contributed by atoms with van der Waals surface area (Å²) in [5, 5.41) is 10.9. The molecule has 2 rings (SSSR count). The standard InChI is InChI=1S/C13H19N3O5/c17-10-7-15(8-11(18)14-10)13(21)16-6-2-1-3-9(16)4-5-12(19)20/h9H,1-8H2,(H,19,20)(H,14,17,18). The van der Waals surface area contributed by atoms with E-state index in [-0.39, 0.29) is 31.6 Å². The number of amides is 4. The summed E-state index contributed by atoms with van der Waals surface area (Å²) < 4.78 is 0. The Bertz CT molecular complexity index is 449. The first-order chi connectivity index (χ1) is 9.97. The molecule has 21 heavy (non-hydrogen) atoms. The normalized spacial score (nSPS) is 23.0. The number of carboxylic acid groups (broad SMARTS) is 1. The summed E-state index contributed by atoms with van der Waals surface area (Å²) in [7, 11) is 0. The highest BCUT2D eigenvalue weighted by Crippen LogP contribution is 2.22. The Balaban J connectivity index is 2.02. The highest BCUT2D eigenvalue weighted by atomic mass is 16.4. The molecular formula is C13H19N3O5. The molecule has 1 atom stereocenters. The molecule has 0 spiro atoms. The number of nitrogens with one attached hydrogen (secondary N) is 1. The molecule has 0 aromatic carbocycles. The molecule has 2 aliphatic rings. The van der Waals surface area contributed by atoms with E-state index in [2.05, 4.69) is 5.32 Å². The monoisotopic (exact) mass is 297 g/mol. The number of piperidine rings is 1. The molecule has 116 valence electrons. The maximum absolute atomic E-state index is 12.5. The van der Waals surface area contributed by atoms with Crippen molar-refractivity contribution in [1.29, 1.82) is 0 Å². The first kappa shape index (κ1) is 15.3. The third-order valence-electron chi connectivity index (χ3n) is 3.78. The van der Waals surface area contributed by atoms with Crippen LogP contribution in [0.1, 0.15) is 32.1 Å². The van der Waals surface area contributed by atoms with Gasteiger partial charge in [0.1, 0.15) is 13.1 Å². The van der Waals surface area contributed by atoms with Crippen molar-refractivity contribution in [3.05, 3.63) is 0 Å². The maximum atomic E-state index is 12.5. The molecule has 0 saturated carbocycles. The van der Waals surface area contributed by atoms with Crippen LogP contribution in [0.25, 0.3) is 0 Å². The molecule has 2 fully saturated rings. The minimum absolute atomic E-state index is 0.00780. The van der Waals surface area contributed by atoms with Gasteiger partial charge in [0.25, 0.3) is 0 Å². The van der Waals surface area contributed by atoms with E-state index >= 15 is 0 Å². The summed E-state index contributed by atoms with van der Waals surface area (Å²) in [6, 6.07) is -0.490. The fraction of sp³-hybridized carbons (Fsp3) is 0.692. The smallest absolute Gasteiger partial charge is 0.321 e. The van der Waals surface area contributed by atoms with Gasteiger partial charge < -0.3 is 14.9 Å². The molecule has 0 bridgehead atoms. The van der Waals surface area contributed by atoms with Gasteiger partial charge in [-0.2, -0.15) is 0 Å². The van der Waals surface area contributed by atoms with Crippen molar-refractivity contribution in [1.82, 2.24) is 15.1 Å². The van der Waals surface area contributed by atoms with E-state index in [9.17, 15) is 19.2 Å². The van der Waals surface area contributed by atoms with Crippen LogP contribution < -0.4 is 5.32 Å². The van der Waals surface area contributed by atoms with Gasteiger partial charge in [0.2, 0.25) is 11.8 Å². The number of carbonyl (C=O) groups is 4. The van der Waals surface area contributed by atoms with E-state index < -0.39 is 17.8 Å². The summed E-state index contributed by atoms with van der Waals surface area (Å²) in [4.78, 5) is 48.7. The van der Waals surface area contributed by atoms with Gasteiger partial charge in [-0.1, -0.05) is 0 Å². The number of imide groups is 1. The lowest BCUT2D eigenvalue weighted by Gasteiger charge is -2.39. The summed E-state index contributed by atoms with van der Waals surface area (Å²) in [5.41, 5.74) is 0. The Kier molecular flexibility index (Phi) is 4.77. The Morgan fingerprint density at radius 2 is 1.86 bits per heavy atom. The largest absolute Gasteiger partial charge is 0.481 e. The van der Waals surface area contributed by atoms with Crippen LogP contribution in [0.3, 0.4) is 0 Å². The van der Waals surface area contributed by atoms with Crippen molar-refractivity contribution in [2.45, 2.75) is 38.1 Å². The average Bonchev–Trinajstić information content (AvgIpc) is 2.43. The molecule has 1 unspecified atom stereocenters. The van der Waals surface area contributed by atoms with Gasteiger partial charge in [-0.25, -0.2) is 4.79 Å². The zero-order chi connectivity index (χ0) is 15.4. The third-order valence-corrected chi connectivity index (χ3v) is 3.78. The van der Waals surface area contributed by atoms with Gasteiger partial charge in [0.15, 0.2) is 0 Å². The lowest BCUT2D eigenvalue weighted by molar-refractivity contribution is -0.137. The van der Waals surface area contributed by atoms with Gasteiger partial charge in [-0.15, -0.1) is 0 Å². The molecule has 0 aromatic heterocycles. The van der Waals surface area contributed by atoms with Crippen LogP contribution in [0, 0.1) is 0 Å². The molecule has 0 aromatic rings. The lowest BCUT2D eigenvalue weighted by Crippen LogP contribution is -2.58. The van der Waals surface area contributed by atoms with Gasteiger partial charge in [0, 0.05) is 19.0 Å². The lowest BCUT2D eigenvalue weighted by atomic mass is 9.98. The summed E-state index contributed by atoms with van der Waals surface area (Å²) in [5.74, 6) is -1.86. The van der Waals surface area contributed by atoms with Crippen LogP contribution >= 0.6 is 0 Å². The molecule has 8 nitrogen and oxygen atoms in total. The average molecular weight is 297 g/mol. The Morgan fingerprint density at radius 3 is 2.48 bits per heavy atom. The molecule has 2 saturated heterocycles. The van der Waals surface area contributed by atoms with Crippen molar-refractivity contribution in [3.8, 4) is 0 Å². The number of hydrogen-bond acceptors (Lipinski definition) is 4. The second-order valence-electron chi connectivity index (χ2n) is 5.39. The minimum atomic E-state index is -0.888. The molecule has 2 N–H and O–H groups in total. The van der Waals surface area contributed by atoms with Crippen molar-refractivity contribution < 1.29 is 24.3 Å². The highest BCUT2D eigenvalue weighted by molar-refractivity contribution is 6.02. The van der Waals surface area contributed by atoms with Crippen molar-refractivity contribution in [3.63, 3.8) is 0 Å². The predicted octanol–water partition coefficient (Wildman–Crippen LogP) is -0.216. The number of hydrogen-bond donors (Lipinski definition) is 2. The van der Waals surface area contributed by atoms with Crippen LogP contribution in [-0.4, -0.2) is 64.4 Å². The summed E-state index contributed by atoms with van der Waals surface area (Å²) >= 11 is 0. The van der Waals surface area contributed by atoms with Crippen LogP contribution in [0.4, 0.5) is 4.79 Å². The van der Waals surface area contributed by atoms with E-state index in [1.54, 1.807) is 4.90 Å². The maximum Gasteiger partial charge on any atom is 0.321 e. The third kappa shape index (κ3) is 3.93. The molecular weight excluding hydrogens is 278 g/mol. The molecule has 8 heteroatoms. The van der Waals surface area contributed by atoms with Gasteiger partial charge in [0.05, 0.1) is 0 Å². The minimum Gasteiger partial charge on any atom is -0.481 e. The number of piperazine rings is 1. The van der Waals surface area contributed by atoms with Crippen LogP contribution in [-0.2, 0) is 14.4 Å². The summed E-state index contributed by atoms with van der Waals surface area (Å²) in [6.07, 6.45) is 2.96. The second kappa shape index (κ2) is 6.55. The highest BCUT2D eigenvalue weighted by Gasteiger charge is 2.34. The molecule has 0 aliphatic carbocycles. The molecule has 2 aliphatic heterocycles. The van der Waals surface area contributed by atoms with Crippen molar-refractivity contribution in [2.24, 2.45) is 0 Å². The summed E-state index contributed by atoms with van der Waals surface area (Å²) in [6.45, 7) is 0.273. The van der Waals surface area contributed by atoms with Gasteiger partial charge >= 0.3 is 12.0 Å². The van der Waals surface area contributed by atoms with Gasteiger partial charge in [-0.3, -0.25) is 19.7 Å². The van der Waals surface area contributed by atoms with Crippen molar-refractivity contribution in [2.75, 3.05) is 19.6 Å². The number of nitrogens with zero attached hydrogens (tertiary/aromatic N) is 2. The SMILES string of the molecule is O=C(O)CCC1CCCCN1C(=O)N1CC(=O)NC(=O)C1. The zero-order valence-electron chi connectivity index (χ0n) is 11.7. The first-order valence-electron chi connectivity index (χ1n) is 7.07. The van der Waals surface area contributed by atoms with E-state index in [0.717, 1.165) is 19.3 Å². The van der Waals surface area contributed by atoms with Gasteiger partial charge in [-0.05, 0) is 25.7 Å². The predicted molar refractivity (Wildman–Crippen MR) is 71.3 cm³/mol. The zero-order valence-corrected chi connectivity index (χ0v) is 11.7. The number of carbonyl (C=O) groups excluding carboxylic acids is 3. The van der Waals surface area contributed by atoms with E-state index in [0.29, 0.717) is 13.0 Å². The topological polar surface area (TPSA) is 107 Å². The Hall–Kier alpha value is -2.12. The Morgan fingerprint density at radius 1 is 1.19 bits per heavy atom. The quantitative estimate of drug-likeness (QED) is 0.701. The van der Waals surface area contributed by atoms with E-state index in [1.807, 2.05) is 0 Å². The number of rotatable bonds is 3. The van der Waals surface area contributed by atoms with Crippen LogP contribution in [0.5, 0.6) is 0 Å². The van der Waals surface area contributed by atoms with E-state index in [1.165, 1.54) is 4.90 Å². The second-order valence-corrected chi connectivity index (χ2v) is 5.39. The first-order valence-corrected chi connectivity index (χ1v) is 7.07. The fourth-order valence-corrected chi connectivity index (χ4v) is 2.80. The fourth-order valence-electron chi connectivity index (χ4n) is 2.80. The number of likely N-dealkylation sites (tertiary alicyclic amines) is 1. The molecule has 2 heterocycles. The number of urea groups is 1. The van der Waals surface area contributed by atoms with Crippen LogP contribution in [0.2, 0.25) is 0 Å². The number of aliphatic carboxylic acids is 1.